The van der Waals surface area contributed by atoms with Crippen LogP contribution >= 0.6 is 0 Å². The number of hydrogen-bond acceptors (Lipinski definition) is 8. The number of hydrogen-bond donors (Lipinski definition) is 2. The maximum absolute atomic E-state index is 14.8. The van der Waals surface area contributed by atoms with Gasteiger partial charge in [-0.15, -0.1) is 10.2 Å². The summed E-state index contributed by atoms with van der Waals surface area (Å²) < 4.78 is 84.6. The van der Waals surface area contributed by atoms with E-state index in [0.29, 0.717) is 19.3 Å². The van der Waals surface area contributed by atoms with Crippen LogP contribution in [0.2, 0.25) is 0 Å². The number of nitrogens with one attached hydrogen (secondary N) is 1. The summed E-state index contributed by atoms with van der Waals surface area (Å²) in [5.41, 5.74) is -3.93. The Balaban J connectivity index is 1.76. The van der Waals surface area contributed by atoms with E-state index in [4.69, 9.17) is 4.74 Å². The average molecular weight is 555 g/mol. The second-order valence-corrected chi connectivity index (χ2v) is 11.1. The third kappa shape index (κ3) is 5.31. The van der Waals surface area contributed by atoms with Gasteiger partial charge in [-0.1, -0.05) is 6.07 Å². The van der Waals surface area contributed by atoms with Gasteiger partial charge in [0.2, 0.25) is 11.8 Å². The Hall–Kier alpha value is -3.65. The van der Waals surface area contributed by atoms with E-state index in [9.17, 15) is 35.9 Å². The second kappa shape index (κ2) is 9.58. The fourth-order valence-corrected chi connectivity index (χ4v) is 4.65. The Morgan fingerprint density at radius 1 is 1.13 bits per heavy atom. The molecule has 1 aromatic carbocycles. The number of ether oxygens (including phenoxy) is 1. The molecule has 1 saturated carbocycles. The van der Waals surface area contributed by atoms with Gasteiger partial charge < -0.3 is 15.2 Å². The zero-order valence-electron chi connectivity index (χ0n) is 20.4. The first-order valence-corrected chi connectivity index (χ1v) is 13.1. The Kier molecular flexibility index (Phi) is 6.91. The molecule has 1 aliphatic carbocycles. The molecule has 9 nitrogen and oxygen atoms in total. The lowest BCUT2D eigenvalue weighted by Crippen LogP contribution is -2.35. The van der Waals surface area contributed by atoms with Crippen molar-refractivity contribution in [1.29, 1.82) is 0 Å². The van der Waals surface area contributed by atoms with Gasteiger partial charge in [0, 0.05) is 23.1 Å². The molecule has 0 bridgehead atoms. The van der Waals surface area contributed by atoms with E-state index in [2.05, 4.69) is 20.5 Å². The Labute approximate surface area is 214 Å². The molecule has 1 fully saturated rings. The predicted octanol–water partition coefficient (Wildman–Crippen LogP) is 4.47. The maximum Gasteiger partial charge on any atom is 0.435 e. The number of aromatic nitrogens is 3. The van der Waals surface area contributed by atoms with E-state index >= 15 is 0 Å². The van der Waals surface area contributed by atoms with Crippen LogP contribution in [0.25, 0.3) is 0 Å². The molecule has 3 aromatic rings. The molecule has 2 aromatic heterocycles. The summed E-state index contributed by atoms with van der Waals surface area (Å²) in [4.78, 5) is 16.7. The van der Waals surface area contributed by atoms with Crippen LogP contribution in [0.1, 0.15) is 52.0 Å². The highest BCUT2D eigenvalue weighted by molar-refractivity contribution is 7.90. The topological polar surface area (TPSA) is 131 Å². The Morgan fingerprint density at radius 2 is 1.82 bits per heavy atom. The first-order chi connectivity index (χ1) is 17.6. The number of alkyl halides is 3. The van der Waals surface area contributed by atoms with Gasteiger partial charge in [-0.3, -0.25) is 4.79 Å². The van der Waals surface area contributed by atoms with Crippen molar-refractivity contribution in [3.63, 3.8) is 0 Å². The van der Waals surface area contributed by atoms with Gasteiger partial charge in [-0.2, -0.15) is 22.5 Å². The van der Waals surface area contributed by atoms with Crippen LogP contribution in [0.4, 0.5) is 23.2 Å². The molecule has 0 spiro atoms. The monoisotopic (exact) mass is 554 g/mol. The summed E-state index contributed by atoms with van der Waals surface area (Å²) in [5.74, 6) is -3.22. The van der Waals surface area contributed by atoms with Crippen LogP contribution in [0.3, 0.4) is 0 Å². The number of aliphatic hydroxyl groups is 1. The second-order valence-electron chi connectivity index (χ2n) is 9.04. The molecule has 14 heteroatoms. The molecular weight excluding hydrogens is 532 g/mol. The van der Waals surface area contributed by atoms with Gasteiger partial charge in [-0.25, -0.2) is 8.42 Å². The average Bonchev–Trinajstić information content (AvgIpc) is 2.78. The summed E-state index contributed by atoms with van der Waals surface area (Å²) in [6, 6.07) is 6.42. The molecule has 2 N–H and O–H groups in total. The lowest BCUT2D eigenvalue weighted by atomic mass is 9.75. The van der Waals surface area contributed by atoms with Crippen molar-refractivity contribution in [2.45, 2.75) is 49.8 Å². The van der Waals surface area contributed by atoms with E-state index in [1.807, 2.05) is 0 Å². The Bertz CT molecular complexity index is 1540. The molecule has 0 radical (unpaired) electrons. The molecule has 38 heavy (non-hydrogen) atoms. The molecule has 202 valence electrons. The minimum Gasteiger partial charge on any atom is -0.418 e. The third-order valence-electron chi connectivity index (χ3n) is 6.20. The molecule has 4 rings (SSSR count). The quantitative estimate of drug-likeness (QED) is 0.337. The number of aryl methyl sites for hydroxylation is 1. The van der Waals surface area contributed by atoms with Crippen molar-refractivity contribution in [2.75, 3.05) is 11.6 Å². The van der Waals surface area contributed by atoms with Crippen molar-refractivity contribution in [2.24, 2.45) is 0 Å². The van der Waals surface area contributed by atoms with Crippen molar-refractivity contribution >= 4 is 21.4 Å². The van der Waals surface area contributed by atoms with Gasteiger partial charge in [-0.05, 0) is 62.9 Å². The molecule has 0 unspecified atom stereocenters. The predicted molar refractivity (Wildman–Crippen MR) is 126 cm³/mol. The van der Waals surface area contributed by atoms with Crippen molar-refractivity contribution in [1.82, 2.24) is 15.2 Å². The third-order valence-corrected chi connectivity index (χ3v) is 7.31. The largest absolute Gasteiger partial charge is 0.435 e. The first-order valence-electron chi connectivity index (χ1n) is 11.2. The fraction of sp³-hybridized carbons (Fsp3) is 0.333. The van der Waals surface area contributed by atoms with E-state index < -0.39 is 62.1 Å². The number of sulfone groups is 1. The zero-order chi connectivity index (χ0) is 28.0. The molecular formula is C24H22F4N4O5S. The summed E-state index contributed by atoms with van der Waals surface area (Å²) in [6.45, 7) is 2.47. The summed E-state index contributed by atoms with van der Waals surface area (Å²) in [5, 5.41) is 19.4. The number of benzene rings is 1. The highest BCUT2D eigenvalue weighted by atomic mass is 32.2. The smallest absolute Gasteiger partial charge is 0.418 e. The molecule has 0 atom stereocenters. The van der Waals surface area contributed by atoms with Crippen molar-refractivity contribution in [3.8, 4) is 11.8 Å². The number of amides is 1. The summed E-state index contributed by atoms with van der Waals surface area (Å²) >= 11 is 0. The van der Waals surface area contributed by atoms with Crippen LogP contribution in [-0.2, 0) is 21.6 Å². The standard InChI is InChI=1S/C24H22F4N4O5S/c1-12-10-16(23(34)8-5-9-23)19(25)30-21(12)37-22-17(13(2)18(31-32-22)24(26,27)28)20(33)29-14-6-4-7-15(11-14)38(3,35)36/h4,6-7,10-11,34H,5,8-9H2,1-3H3,(H,29,33). The minimum absolute atomic E-state index is 0.0212. The number of carbonyl (C=O) groups is 1. The highest BCUT2D eigenvalue weighted by Gasteiger charge is 2.40. The molecule has 1 amide bonds. The van der Waals surface area contributed by atoms with E-state index in [0.717, 1.165) is 19.2 Å². The van der Waals surface area contributed by atoms with Gasteiger partial charge >= 0.3 is 6.18 Å². The Morgan fingerprint density at radius 3 is 2.39 bits per heavy atom. The van der Waals surface area contributed by atoms with Crippen LogP contribution in [0.5, 0.6) is 11.8 Å². The molecule has 0 aliphatic heterocycles. The van der Waals surface area contributed by atoms with Gasteiger partial charge in [0.05, 0.1) is 10.5 Å². The lowest BCUT2D eigenvalue weighted by Gasteiger charge is -2.37. The first kappa shape index (κ1) is 27.4. The highest BCUT2D eigenvalue weighted by Crippen LogP contribution is 2.43. The van der Waals surface area contributed by atoms with Crippen molar-refractivity contribution in [3.05, 3.63) is 64.2 Å². The fourth-order valence-electron chi connectivity index (χ4n) is 3.98. The van der Waals surface area contributed by atoms with Crippen LogP contribution in [-0.4, -0.2) is 40.9 Å². The number of anilines is 1. The van der Waals surface area contributed by atoms with Crippen molar-refractivity contribution < 1.29 is 40.6 Å². The van der Waals surface area contributed by atoms with Gasteiger partial charge in [0.15, 0.2) is 15.5 Å². The van der Waals surface area contributed by atoms with Gasteiger partial charge in [0.25, 0.3) is 11.8 Å². The summed E-state index contributed by atoms with van der Waals surface area (Å²) in [7, 11) is -3.64. The van der Waals surface area contributed by atoms with E-state index in [-0.39, 0.29) is 21.7 Å². The van der Waals surface area contributed by atoms with Gasteiger partial charge in [0.1, 0.15) is 5.56 Å². The number of pyridine rings is 1. The minimum atomic E-state index is -4.96. The number of rotatable bonds is 6. The van der Waals surface area contributed by atoms with Crippen LogP contribution in [0.15, 0.2) is 35.2 Å². The lowest BCUT2D eigenvalue weighted by molar-refractivity contribution is -0.142. The van der Waals surface area contributed by atoms with E-state index in [1.54, 1.807) is 0 Å². The molecule has 2 heterocycles. The number of halogens is 4. The normalized spacial score (nSPS) is 15.1. The number of nitrogens with zero attached hydrogens (tertiary/aromatic N) is 3. The van der Waals surface area contributed by atoms with Crippen LogP contribution in [0, 0.1) is 19.8 Å². The maximum atomic E-state index is 14.8. The SMILES string of the molecule is Cc1cc(C2(O)CCC2)c(F)nc1Oc1nnc(C(F)(F)F)c(C)c1C(=O)Nc1cccc(S(C)(=O)=O)c1. The molecule has 1 aliphatic rings. The molecule has 0 saturated heterocycles. The number of carbonyl (C=O) groups excluding carboxylic acids is 1. The van der Waals surface area contributed by atoms with E-state index in [1.165, 1.54) is 31.2 Å². The summed E-state index contributed by atoms with van der Waals surface area (Å²) in [6.07, 6.45) is -2.60. The van der Waals surface area contributed by atoms with Crippen LogP contribution < -0.4 is 10.1 Å². The zero-order valence-corrected chi connectivity index (χ0v) is 21.2.